The first-order chi connectivity index (χ1) is 6.83. The maximum Gasteiger partial charge on any atom is 0.158 e. The topological polar surface area (TPSA) is 74.4 Å². The minimum atomic E-state index is -0.896. The van der Waals surface area contributed by atoms with Gasteiger partial charge in [-0.25, -0.2) is 15.1 Å². The van der Waals surface area contributed by atoms with E-state index in [0.717, 1.165) is 0 Å². The number of fused-ring (bicyclic) bond motifs is 1. The first kappa shape index (κ1) is 8.83. The van der Waals surface area contributed by atoms with Crippen molar-refractivity contribution < 1.29 is 5.11 Å². The van der Waals surface area contributed by atoms with Crippen LogP contribution in [-0.4, -0.2) is 20.2 Å². The summed E-state index contributed by atoms with van der Waals surface area (Å²) in [6.07, 6.45) is 4.05. The number of aromatic nitrogens is 4. The SMILES string of the molecule is C=CCC([O])c1n[nH]c2ncncc12. The molecule has 2 aromatic heterocycles. The van der Waals surface area contributed by atoms with Gasteiger partial charge in [0.15, 0.2) is 5.65 Å². The number of rotatable bonds is 3. The quantitative estimate of drug-likeness (QED) is 0.741. The molecule has 0 spiro atoms. The molecule has 1 N–H and O–H groups in total. The second-order valence-corrected chi connectivity index (χ2v) is 2.91. The van der Waals surface area contributed by atoms with Gasteiger partial charge in [-0.05, 0) is 0 Å². The summed E-state index contributed by atoms with van der Waals surface area (Å²) in [6.45, 7) is 3.52. The van der Waals surface area contributed by atoms with Gasteiger partial charge in [0.05, 0.1) is 5.39 Å². The molecule has 1 atom stereocenters. The van der Waals surface area contributed by atoms with E-state index in [-0.39, 0.29) is 0 Å². The third kappa shape index (κ3) is 1.38. The Morgan fingerprint density at radius 3 is 3.29 bits per heavy atom. The van der Waals surface area contributed by atoms with Crippen molar-refractivity contribution in [3.8, 4) is 0 Å². The smallest absolute Gasteiger partial charge is 0.158 e. The van der Waals surface area contributed by atoms with Crippen molar-refractivity contribution in [3.63, 3.8) is 0 Å². The molecule has 2 aromatic rings. The fourth-order valence-corrected chi connectivity index (χ4v) is 1.29. The van der Waals surface area contributed by atoms with Crippen LogP contribution < -0.4 is 0 Å². The molecule has 2 rings (SSSR count). The zero-order valence-corrected chi connectivity index (χ0v) is 7.47. The fourth-order valence-electron chi connectivity index (χ4n) is 1.29. The predicted octanol–water partition coefficient (Wildman–Crippen LogP) is 1.40. The molecule has 14 heavy (non-hydrogen) atoms. The molecule has 5 nitrogen and oxygen atoms in total. The highest BCUT2D eigenvalue weighted by Crippen LogP contribution is 2.22. The first-order valence-electron chi connectivity index (χ1n) is 4.23. The van der Waals surface area contributed by atoms with Gasteiger partial charge in [0, 0.05) is 12.6 Å². The molecule has 0 aliphatic rings. The lowest BCUT2D eigenvalue weighted by atomic mass is 10.1. The number of nitrogens with one attached hydrogen (secondary N) is 1. The highest BCUT2D eigenvalue weighted by atomic mass is 16.3. The molecule has 0 saturated carbocycles. The molecule has 71 valence electrons. The maximum absolute atomic E-state index is 11.6. The molecule has 1 unspecified atom stereocenters. The normalized spacial score (nSPS) is 12.9. The van der Waals surface area contributed by atoms with Gasteiger partial charge < -0.3 is 0 Å². The monoisotopic (exact) mass is 189 g/mol. The summed E-state index contributed by atoms with van der Waals surface area (Å²) >= 11 is 0. The lowest BCUT2D eigenvalue weighted by Gasteiger charge is -2.00. The van der Waals surface area contributed by atoms with Gasteiger partial charge in [-0.1, -0.05) is 6.08 Å². The van der Waals surface area contributed by atoms with Crippen LogP contribution in [0.1, 0.15) is 18.2 Å². The van der Waals surface area contributed by atoms with Crippen LogP contribution in [-0.2, 0) is 5.11 Å². The summed E-state index contributed by atoms with van der Waals surface area (Å²) in [7, 11) is 0. The first-order valence-corrected chi connectivity index (χ1v) is 4.23. The predicted molar refractivity (Wildman–Crippen MR) is 49.9 cm³/mol. The average Bonchev–Trinajstić information content (AvgIpc) is 2.61. The summed E-state index contributed by atoms with van der Waals surface area (Å²) in [5.74, 6) is 0. The highest BCUT2D eigenvalue weighted by molar-refractivity contribution is 5.76. The van der Waals surface area contributed by atoms with Gasteiger partial charge in [-0.2, -0.15) is 5.10 Å². The van der Waals surface area contributed by atoms with Gasteiger partial charge in [-0.3, -0.25) is 5.10 Å². The van der Waals surface area contributed by atoms with E-state index in [4.69, 9.17) is 0 Å². The van der Waals surface area contributed by atoms with E-state index in [1.165, 1.54) is 6.33 Å². The van der Waals surface area contributed by atoms with E-state index in [9.17, 15) is 5.11 Å². The summed E-state index contributed by atoms with van der Waals surface area (Å²) in [5.41, 5.74) is 1.06. The molecule has 5 heteroatoms. The van der Waals surface area contributed by atoms with Gasteiger partial charge in [0.1, 0.15) is 18.1 Å². The van der Waals surface area contributed by atoms with Crippen molar-refractivity contribution in [3.05, 3.63) is 30.9 Å². The maximum atomic E-state index is 11.6. The molecule has 1 radical (unpaired) electrons. The lowest BCUT2D eigenvalue weighted by molar-refractivity contribution is 0.0892. The second kappa shape index (κ2) is 3.55. The van der Waals surface area contributed by atoms with E-state index >= 15 is 0 Å². The molecule has 0 aliphatic carbocycles. The lowest BCUT2D eigenvalue weighted by Crippen LogP contribution is -1.94. The average molecular weight is 189 g/mol. The van der Waals surface area contributed by atoms with Crippen LogP contribution in [0, 0.1) is 0 Å². The minimum Gasteiger partial charge on any atom is -0.260 e. The van der Waals surface area contributed by atoms with Crippen molar-refractivity contribution in [2.45, 2.75) is 12.5 Å². The van der Waals surface area contributed by atoms with Gasteiger partial charge >= 0.3 is 0 Å². The van der Waals surface area contributed by atoms with E-state index in [1.54, 1.807) is 12.3 Å². The summed E-state index contributed by atoms with van der Waals surface area (Å²) in [5, 5.41) is 18.9. The van der Waals surface area contributed by atoms with Crippen LogP contribution in [0.4, 0.5) is 0 Å². The summed E-state index contributed by atoms with van der Waals surface area (Å²) in [6, 6.07) is 0. The second-order valence-electron chi connectivity index (χ2n) is 2.91. The molecular formula is C9H9N4O. The Balaban J connectivity index is 2.47. The molecule has 0 aromatic carbocycles. The van der Waals surface area contributed by atoms with Gasteiger partial charge in [0.25, 0.3) is 0 Å². The van der Waals surface area contributed by atoms with Gasteiger partial charge in [0.2, 0.25) is 0 Å². The Labute approximate surface area is 80.5 Å². The van der Waals surface area contributed by atoms with E-state index in [0.29, 0.717) is 23.1 Å². The van der Waals surface area contributed by atoms with Crippen molar-refractivity contribution in [2.24, 2.45) is 0 Å². The Kier molecular flexibility index (Phi) is 2.24. The molecule has 2 heterocycles. The van der Waals surface area contributed by atoms with Crippen LogP contribution in [0.3, 0.4) is 0 Å². The molecule has 0 aliphatic heterocycles. The molecule has 0 amide bonds. The van der Waals surface area contributed by atoms with Crippen LogP contribution in [0.15, 0.2) is 25.2 Å². The number of H-pyrrole nitrogens is 1. The Bertz CT molecular complexity index is 451. The minimum absolute atomic E-state index is 0.356. The van der Waals surface area contributed by atoms with E-state index in [2.05, 4.69) is 26.7 Å². The van der Waals surface area contributed by atoms with Gasteiger partial charge in [-0.15, -0.1) is 6.58 Å². The van der Waals surface area contributed by atoms with Crippen molar-refractivity contribution in [1.29, 1.82) is 0 Å². The summed E-state index contributed by atoms with van der Waals surface area (Å²) < 4.78 is 0. The number of hydrogen-bond donors (Lipinski definition) is 1. The van der Waals surface area contributed by atoms with Crippen LogP contribution >= 0.6 is 0 Å². The molecule has 0 bridgehead atoms. The largest absolute Gasteiger partial charge is 0.260 e. The van der Waals surface area contributed by atoms with Crippen LogP contribution in [0.5, 0.6) is 0 Å². The van der Waals surface area contributed by atoms with E-state index in [1.807, 2.05) is 0 Å². The number of nitrogens with zero attached hydrogens (tertiary/aromatic N) is 3. The van der Waals surface area contributed by atoms with Crippen molar-refractivity contribution in [1.82, 2.24) is 20.2 Å². The number of aromatic amines is 1. The standard InChI is InChI=1S/C9H9N4O/c1-2-3-7(14)8-6-4-10-5-11-9(6)13-12-8/h2,4-5,7H,1,3H2,(H,10,11,12,13). The Morgan fingerprint density at radius 2 is 2.50 bits per heavy atom. The summed E-state index contributed by atoms with van der Waals surface area (Å²) in [4.78, 5) is 7.80. The van der Waals surface area contributed by atoms with Crippen molar-refractivity contribution >= 4 is 11.0 Å². The van der Waals surface area contributed by atoms with Crippen LogP contribution in [0.2, 0.25) is 0 Å². The highest BCUT2D eigenvalue weighted by Gasteiger charge is 2.15. The van der Waals surface area contributed by atoms with Crippen molar-refractivity contribution in [2.75, 3.05) is 0 Å². The zero-order chi connectivity index (χ0) is 9.97. The third-order valence-electron chi connectivity index (χ3n) is 1.96. The van der Waals surface area contributed by atoms with E-state index < -0.39 is 6.10 Å². The Morgan fingerprint density at radius 1 is 1.64 bits per heavy atom. The fraction of sp³-hybridized carbons (Fsp3) is 0.222. The Hall–Kier alpha value is -1.75. The third-order valence-corrected chi connectivity index (χ3v) is 1.96. The molecule has 0 saturated heterocycles. The number of hydrogen-bond acceptors (Lipinski definition) is 3. The molecular weight excluding hydrogens is 180 g/mol. The zero-order valence-electron chi connectivity index (χ0n) is 7.47. The van der Waals surface area contributed by atoms with Crippen LogP contribution in [0.25, 0.3) is 11.0 Å². The molecule has 0 fully saturated rings.